The van der Waals surface area contributed by atoms with E-state index in [1.807, 2.05) is 18.2 Å². The van der Waals surface area contributed by atoms with Crippen molar-refractivity contribution in [3.8, 4) is 5.75 Å². The van der Waals surface area contributed by atoms with Crippen LogP contribution in [0.1, 0.15) is 0 Å². The number of amides is 2. The van der Waals surface area contributed by atoms with Gasteiger partial charge in [-0.2, -0.15) is 0 Å². The lowest BCUT2D eigenvalue weighted by molar-refractivity contribution is 0.195. The Hall–Kier alpha value is -1.99. The number of benzene rings is 1. The Morgan fingerprint density at radius 2 is 1.79 bits per heavy atom. The molecule has 24 heavy (non-hydrogen) atoms. The average Bonchev–Trinajstić information content (AvgIpc) is 2.62. The van der Waals surface area contributed by atoms with E-state index in [0.717, 1.165) is 44.2 Å². The van der Waals surface area contributed by atoms with E-state index in [4.69, 9.17) is 9.47 Å². The van der Waals surface area contributed by atoms with E-state index >= 15 is 0 Å². The highest BCUT2D eigenvalue weighted by Crippen LogP contribution is 2.28. The minimum absolute atomic E-state index is 0.139. The van der Waals surface area contributed by atoms with Crippen LogP contribution in [0, 0.1) is 0 Å². The number of nitrogens with zero attached hydrogens (tertiary/aromatic N) is 2. The molecule has 0 radical (unpaired) electrons. The summed E-state index contributed by atoms with van der Waals surface area (Å²) in [6.45, 7) is 6.43. The van der Waals surface area contributed by atoms with Crippen LogP contribution in [0.15, 0.2) is 24.3 Å². The molecule has 2 N–H and O–H groups in total. The molecule has 1 aromatic carbocycles. The molecule has 7 nitrogen and oxygen atoms in total. The van der Waals surface area contributed by atoms with Crippen molar-refractivity contribution in [3.05, 3.63) is 24.3 Å². The first-order chi connectivity index (χ1) is 11.7. The molecule has 0 atom stereocenters. The van der Waals surface area contributed by atoms with Crippen LogP contribution in [0.3, 0.4) is 0 Å². The summed E-state index contributed by atoms with van der Waals surface area (Å²) in [7, 11) is 3.32. The first-order valence-corrected chi connectivity index (χ1v) is 8.35. The number of anilines is 1. The number of carbonyl (C=O) groups is 1. The molecular formula is C17H28N4O3. The molecule has 0 unspecified atom stereocenters. The topological polar surface area (TPSA) is 66.1 Å². The molecule has 0 bridgehead atoms. The van der Waals surface area contributed by atoms with Crippen LogP contribution in [0.25, 0.3) is 0 Å². The summed E-state index contributed by atoms with van der Waals surface area (Å²) in [5, 5.41) is 5.62. The zero-order valence-electron chi connectivity index (χ0n) is 14.6. The van der Waals surface area contributed by atoms with E-state index < -0.39 is 0 Å². The molecule has 7 heteroatoms. The second-order valence-corrected chi connectivity index (χ2v) is 5.68. The van der Waals surface area contributed by atoms with Crippen molar-refractivity contribution in [2.75, 3.05) is 71.5 Å². The van der Waals surface area contributed by atoms with Gasteiger partial charge in [0.25, 0.3) is 0 Å². The van der Waals surface area contributed by atoms with Crippen LogP contribution < -0.4 is 20.3 Å². The van der Waals surface area contributed by atoms with Crippen molar-refractivity contribution < 1.29 is 14.3 Å². The maximum atomic E-state index is 11.5. The molecular weight excluding hydrogens is 308 g/mol. The third-order valence-electron chi connectivity index (χ3n) is 4.10. The van der Waals surface area contributed by atoms with Gasteiger partial charge in [-0.15, -0.1) is 0 Å². The van der Waals surface area contributed by atoms with Gasteiger partial charge in [0.05, 0.1) is 19.4 Å². The van der Waals surface area contributed by atoms with Crippen molar-refractivity contribution in [3.63, 3.8) is 0 Å². The van der Waals surface area contributed by atoms with Gasteiger partial charge in [-0.1, -0.05) is 12.1 Å². The molecule has 0 aromatic heterocycles. The maximum absolute atomic E-state index is 11.5. The van der Waals surface area contributed by atoms with Crippen molar-refractivity contribution in [2.45, 2.75) is 0 Å². The summed E-state index contributed by atoms with van der Waals surface area (Å²) >= 11 is 0. The van der Waals surface area contributed by atoms with Crippen molar-refractivity contribution >= 4 is 11.7 Å². The number of carbonyl (C=O) groups excluding carboxylic acids is 1. The molecule has 1 aliphatic heterocycles. The SMILES string of the molecule is COCCNC(=O)NCCN1CCN(c2ccccc2OC)CC1. The minimum Gasteiger partial charge on any atom is -0.495 e. The van der Waals surface area contributed by atoms with Crippen LogP contribution in [0.4, 0.5) is 10.5 Å². The highest BCUT2D eigenvalue weighted by molar-refractivity contribution is 5.73. The van der Waals surface area contributed by atoms with E-state index in [1.54, 1.807) is 14.2 Å². The Morgan fingerprint density at radius 3 is 2.50 bits per heavy atom. The first-order valence-electron chi connectivity index (χ1n) is 8.35. The van der Waals surface area contributed by atoms with Crippen LogP contribution in [-0.2, 0) is 4.74 Å². The summed E-state index contributed by atoms with van der Waals surface area (Å²) in [6, 6.07) is 7.98. The zero-order valence-corrected chi connectivity index (χ0v) is 14.6. The van der Waals surface area contributed by atoms with Crippen LogP contribution in [0.2, 0.25) is 0 Å². The predicted octanol–water partition coefficient (Wildman–Crippen LogP) is 0.763. The Balaban J connectivity index is 1.67. The average molecular weight is 336 g/mol. The Morgan fingerprint density at radius 1 is 1.08 bits per heavy atom. The maximum Gasteiger partial charge on any atom is 0.314 e. The lowest BCUT2D eigenvalue weighted by Gasteiger charge is -2.36. The molecule has 1 fully saturated rings. The molecule has 134 valence electrons. The van der Waals surface area contributed by atoms with Crippen LogP contribution >= 0.6 is 0 Å². The largest absolute Gasteiger partial charge is 0.495 e. The van der Waals surface area contributed by atoms with E-state index in [2.05, 4.69) is 26.5 Å². The van der Waals surface area contributed by atoms with Gasteiger partial charge in [0.1, 0.15) is 5.75 Å². The Labute approximate surface area is 143 Å². The molecule has 0 spiro atoms. The monoisotopic (exact) mass is 336 g/mol. The van der Waals surface area contributed by atoms with Gasteiger partial charge in [-0.25, -0.2) is 4.79 Å². The molecule has 0 aliphatic carbocycles. The number of para-hydroxylation sites is 2. The quantitative estimate of drug-likeness (QED) is 0.686. The van der Waals surface area contributed by atoms with Gasteiger partial charge in [-0.05, 0) is 12.1 Å². The normalized spacial score (nSPS) is 15.2. The molecule has 1 heterocycles. The van der Waals surface area contributed by atoms with Gasteiger partial charge in [0.2, 0.25) is 0 Å². The fourth-order valence-electron chi connectivity index (χ4n) is 2.76. The fourth-order valence-corrected chi connectivity index (χ4v) is 2.76. The summed E-state index contributed by atoms with van der Waals surface area (Å²) < 4.78 is 10.3. The number of rotatable bonds is 8. The van der Waals surface area contributed by atoms with E-state index in [-0.39, 0.29) is 6.03 Å². The van der Waals surface area contributed by atoms with Crippen molar-refractivity contribution in [2.24, 2.45) is 0 Å². The predicted molar refractivity (Wildman–Crippen MR) is 94.9 cm³/mol. The number of hydrogen-bond donors (Lipinski definition) is 2. The second-order valence-electron chi connectivity index (χ2n) is 5.68. The lowest BCUT2D eigenvalue weighted by Crippen LogP contribution is -2.49. The van der Waals surface area contributed by atoms with Gasteiger partial charge >= 0.3 is 6.03 Å². The van der Waals surface area contributed by atoms with Crippen molar-refractivity contribution in [1.29, 1.82) is 0 Å². The molecule has 1 aliphatic rings. The highest BCUT2D eigenvalue weighted by Gasteiger charge is 2.19. The number of hydrogen-bond acceptors (Lipinski definition) is 5. The van der Waals surface area contributed by atoms with E-state index in [1.165, 1.54) is 0 Å². The third kappa shape index (κ3) is 5.58. The summed E-state index contributed by atoms with van der Waals surface area (Å²) in [5.41, 5.74) is 1.15. The third-order valence-corrected chi connectivity index (χ3v) is 4.10. The zero-order chi connectivity index (χ0) is 17.2. The van der Waals surface area contributed by atoms with Crippen LogP contribution in [-0.4, -0.2) is 77.6 Å². The molecule has 1 aromatic rings. The number of urea groups is 1. The highest BCUT2D eigenvalue weighted by atomic mass is 16.5. The molecule has 2 rings (SSSR count). The van der Waals surface area contributed by atoms with Crippen LogP contribution in [0.5, 0.6) is 5.75 Å². The summed E-state index contributed by atoms with van der Waals surface area (Å²) in [6.07, 6.45) is 0. The number of ether oxygens (including phenoxy) is 2. The summed E-state index contributed by atoms with van der Waals surface area (Å²) in [4.78, 5) is 16.3. The Bertz CT molecular complexity index is 504. The summed E-state index contributed by atoms with van der Waals surface area (Å²) in [5.74, 6) is 0.917. The number of piperazine rings is 1. The number of nitrogens with one attached hydrogen (secondary N) is 2. The van der Waals surface area contributed by atoms with Gasteiger partial charge < -0.3 is 25.0 Å². The van der Waals surface area contributed by atoms with E-state index in [9.17, 15) is 4.79 Å². The molecule has 1 saturated heterocycles. The second kappa shape index (κ2) is 10.00. The lowest BCUT2D eigenvalue weighted by atomic mass is 10.2. The smallest absolute Gasteiger partial charge is 0.314 e. The van der Waals surface area contributed by atoms with E-state index in [0.29, 0.717) is 19.7 Å². The Kier molecular flexibility index (Phi) is 7.64. The van der Waals surface area contributed by atoms with Crippen molar-refractivity contribution in [1.82, 2.24) is 15.5 Å². The molecule has 0 saturated carbocycles. The number of methoxy groups -OCH3 is 2. The van der Waals surface area contributed by atoms with Gasteiger partial charge in [-0.3, -0.25) is 4.90 Å². The van der Waals surface area contributed by atoms with Gasteiger partial charge in [0, 0.05) is 52.9 Å². The van der Waals surface area contributed by atoms with Gasteiger partial charge in [0.15, 0.2) is 0 Å². The first kappa shape index (κ1) is 18.4. The minimum atomic E-state index is -0.139. The standard InChI is InChI=1S/C17H28N4O3/c1-23-14-8-19-17(22)18-7-9-20-10-12-21(13-11-20)15-5-3-4-6-16(15)24-2/h3-6H,7-14H2,1-2H3,(H2,18,19,22). The fraction of sp³-hybridized carbons (Fsp3) is 0.588. The molecule has 2 amide bonds.